The number of hydrogen-bond donors (Lipinski definition) is 1. The SMILES string of the molecule is BC(=O)NCCOC(=O)C(=C)C. The van der Waals surface area contributed by atoms with Crippen molar-refractivity contribution in [3.63, 3.8) is 0 Å². The normalized spacial score (nSPS) is 8.75. The molecule has 0 aliphatic rings. The minimum Gasteiger partial charge on any atom is -0.460 e. The lowest BCUT2D eigenvalue weighted by atomic mass is 10.1. The first kappa shape index (κ1) is 10.7. The van der Waals surface area contributed by atoms with E-state index in [0.29, 0.717) is 12.1 Å². The van der Waals surface area contributed by atoms with Crippen LogP contribution < -0.4 is 5.32 Å². The third-order valence-electron chi connectivity index (χ3n) is 1.06. The molecule has 0 aromatic carbocycles. The minimum atomic E-state index is -0.430. The van der Waals surface area contributed by atoms with E-state index in [4.69, 9.17) is 4.74 Å². The molecule has 0 bridgehead atoms. The number of carbonyl (C=O) groups is 2. The van der Waals surface area contributed by atoms with Gasteiger partial charge in [-0.2, -0.15) is 0 Å². The molecule has 0 saturated carbocycles. The van der Waals surface area contributed by atoms with Crippen molar-refractivity contribution >= 4 is 19.6 Å². The van der Waals surface area contributed by atoms with E-state index in [-0.39, 0.29) is 12.4 Å². The van der Waals surface area contributed by atoms with E-state index in [1.807, 2.05) is 0 Å². The average molecular weight is 169 g/mol. The predicted octanol–water partition coefficient (Wildman–Crippen LogP) is -0.552. The van der Waals surface area contributed by atoms with E-state index in [0.717, 1.165) is 0 Å². The van der Waals surface area contributed by atoms with Crippen molar-refractivity contribution < 1.29 is 14.3 Å². The molecule has 0 rings (SSSR count). The third-order valence-corrected chi connectivity index (χ3v) is 1.06. The van der Waals surface area contributed by atoms with E-state index in [1.165, 1.54) is 7.85 Å². The van der Waals surface area contributed by atoms with Crippen molar-refractivity contribution in [1.29, 1.82) is 0 Å². The highest BCUT2D eigenvalue weighted by atomic mass is 16.5. The summed E-state index contributed by atoms with van der Waals surface area (Å²) in [6, 6.07) is 0. The summed E-state index contributed by atoms with van der Waals surface area (Å²) in [5.41, 5.74) is 0.359. The molecule has 0 aromatic rings. The van der Waals surface area contributed by atoms with Gasteiger partial charge in [-0.05, 0) is 6.92 Å². The molecule has 5 heteroatoms. The van der Waals surface area contributed by atoms with Gasteiger partial charge in [-0.3, -0.25) is 4.79 Å². The molecule has 1 N–H and O–H groups in total. The summed E-state index contributed by atoms with van der Waals surface area (Å²) in [6.45, 7) is 5.50. The molecule has 66 valence electrons. The van der Waals surface area contributed by atoms with Crippen molar-refractivity contribution in [2.75, 3.05) is 13.2 Å². The number of esters is 1. The summed E-state index contributed by atoms with van der Waals surface area (Å²) in [5, 5.41) is 2.49. The number of carbonyl (C=O) groups excluding carboxylic acids is 2. The minimum absolute atomic E-state index is 0.138. The quantitative estimate of drug-likeness (QED) is 0.266. The van der Waals surface area contributed by atoms with Gasteiger partial charge in [0.1, 0.15) is 6.61 Å². The van der Waals surface area contributed by atoms with Gasteiger partial charge in [-0.25, -0.2) is 4.79 Å². The smallest absolute Gasteiger partial charge is 0.333 e. The van der Waals surface area contributed by atoms with E-state index >= 15 is 0 Å². The second-order valence-corrected chi connectivity index (χ2v) is 2.40. The van der Waals surface area contributed by atoms with Crippen molar-refractivity contribution in [3.05, 3.63) is 12.2 Å². The molecule has 0 fully saturated rings. The Morgan fingerprint density at radius 3 is 2.58 bits per heavy atom. The number of ether oxygens (including phenoxy) is 1. The third kappa shape index (κ3) is 5.52. The second kappa shape index (κ2) is 5.40. The van der Waals surface area contributed by atoms with E-state index in [1.54, 1.807) is 6.92 Å². The molecular formula is C7H12BNO3. The lowest BCUT2D eigenvalue weighted by Gasteiger charge is -2.03. The second-order valence-electron chi connectivity index (χ2n) is 2.40. The van der Waals surface area contributed by atoms with Gasteiger partial charge < -0.3 is 10.1 Å². The van der Waals surface area contributed by atoms with Gasteiger partial charge in [0.15, 0.2) is 5.81 Å². The fourth-order valence-corrected chi connectivity index (χ4v) is 0.494. The number of rotatable bonds is 4. The van der Waals surface area contributed by atoms with Gasteiger partial charge in [-0.1, -0.05) is 6.58 Å². The van der Waals surface area contributed by atoms with Gasteiger partial charge in [0.2, 0.25) is 7.85 Å². The zero-order valence-corrected chi connectivity index (χ0v) is 7.35. The van der Waals surface area contributed by atoms with Crippen LogP contribution in [-0.2, 0) is 9.53 Å². The molecule has 0 aliphatic carbocycles. The monoisotopic (exact) mass is 169 g/mol. The maximum absolute atomic E-state index is 10.8. The average Bonchev–Trinajstić information content (AvgIpc) is 1.97. The van der Waals surface area contributed by atoms with E-state index in [2.05, 4.69) is 11.9 Å². The van der Waals surface area contributed by atoms with Crippen LogP contribution >= 0.6 is 0 Å². The fourth-order valence-electron chi connectivity index (χ4n) is 0.494. The Balaban J connectivity index is 3.38. The van der Waals surface area contributed by atoms with Crippen LogP contribution in [0.2, 0.25) is 0 Å². The Kier molecular flexibility index (Phi) is 4.84. The topological polar surface area (TPSA) is 55.4 Å². The molecule has 0 unspecified atom stereocenters. The Morgan fingerprint density at radius 1 is 1.58 bits per heavy atom. The van der Waals surface area contributed by atoms with Crippen LogP contribution in [0.1, 0.15) is 6.92 Å². The zero-order chi connectivity index (χ0) is 9.56. The summed E-state index contributed by atoms with van der Waals surface area (Å²) < 4.78 is 4.70. The van der Waals surface area contributed by atoms with Crippen molar-refractivity contribution in [1.82, 2.24) is 5.32 Å². The highest BCUT2D eigenvalue weighted by Crippen LogP contribution is 1.90. The molecule has 12 heavy (non-hydrogen) atoms. The molecule has 0 radical (unpaired) electrons. The van der Waals surface area contributed by atoms with Crippen LogP contribution in [0.15, 0.2) is 12.2 Å². The predicted molar refractivity (Wildman–Crippen MR) is 47.7 cm³/mol. The Labute approximate surface area is 72.4 Å². The lowest BCUT2D eigenvalue weighted by Crippen LogP contribution is -2.26. The highest BCUT2D eigenvalue weighted by Gasteiger charge is 2.01. The molecule has 0 aliphatic heterocycles. The fraction of sp³-hybridized carbons (Fsp3) is 0.429. The van der Waals surface area contributed by atoms with Gasteiger partial charge in [0.05, 0.1) is 6.54 Å². The lowest BCUT2D eigenvalue weighted by molar-refractivity contribution is -0.138. The Morgan fingerprint density at radius 2 is 2.17 bits per heavy atom. The molecule has 0 spiro atoms. The number of amides is 1. The standard InChI is InChI=1S/C7H12BNO3/c1-5(2)6(10)12-4-3-9-7(8)11/h1,3-4,8H2,2H3,(H,9,11). The highest BCUT2D eigenvalue weighted by molar-refractivity contribution is 6.57. The van der Waals surface area contributed by atoms with Crippen LogP contribution in [-0.4, -0.2) is 32.8 Å². The van der Waals surface area contributed by atoms with Crippen LogP contribution in [0.4, 0.5) is 4.79 Å². The first-order valence-electron chi connectivity index (χ1n) is 3.61. The molecule has 0 aromatic heterocycles. The molecule has 4 nitrogen and oxygen atoms in total. The summed E-state index contributed by atoms with van der Waals surface area (Å²) in [7, 11) is 1.40. The van der Waals surface area contributed by atoms with Crippen molar-refractivity contribution in [2.45, 2.75) is 6.92 Å². The largest absolute Gasteiger partial charge is 0.460 e. The maximum atomic E-state index is 10.8. The summed E-state index contributed by atoms with van der Waals surface area (Å²) >= 11 is 0. The zero-order valence-electron chi connectivity index (χ0n) is 7.35. The van der Waals surface area contributed by atoms with Crippen LogP contribution in [0.5, 0.6) is 0 Å². The molecular weight excluding hydrogens is 157 g/mol. The Hall–Kier alpha value is -1.26. The Bertz CT molecular complexity index is 203. The first-order chi connectivity index (χ1) is 5.54. The summed E-state index contributed by atoms with van der Waals surface area (Å²) in [5.74, 6) is -0.568. The molecule has 0 saturated heterocycles. The van der Waals surface area contributed by atoms with E-state index in [9.17, 15) is 9.59 Å². The van der Waals surface area contributed by atoms with E-state index < -0.39 is 5.97 Å². The summed E-state index contributed by atoms with van der Waals surface area (Å²) in [4.78, 5) is 21.1. The van der Waals surface area contributed by atoms with Gasteiger partial charge in [-0.15, -0.1) is 0 Å². The van der Waals surface area contributed by atoms with Crippen molar-refractivity contribution in [3.8, 4) is 0 Å². The number of nitrogens with one attached hydrogen (secondary N) is 1. The van der Waals surface area contributed by atoms with Crippen LogP contribution in [0.3, 0.4) is 0 Å². The molecule has 0 heterocycles. The number of hydrogen-bond acceptors (Lipinski definition) is 3. The molecule has 0 atom stereocenters. The van der Waals surface area contributed by atoms with Gasteiger partial charge in [0, 0.05) is 5.57 Å². The molecule has 1 amide bonds. The van der Waals surface area contributed by atoms with Crippen LogP contribution in [0, 0.1) is 0 Å². The van der Waals surface area contributed by atoms with Crippen molar-refractivity contribution in [2.24, 2.45) is 0 Å². The summed E-state index contributed by atoms with van der Waals surface area (Å²) in [6.07, 6.45) is 0. The van der Waals surface area contributed by atoms with Gasteiger partial charge >= 0.3 is 5.97 Å². The van der Waals surface area contributed by atoms with Crippen LogP contribution in [0.25, 0.3) is 0 Å². The maximum Gasteiger partial charge on any atom is 0.333 e. The van der Waals surface area contributed by atoms with Gasteiger partial charge in [0.25, 0.3) is 0 Å². The first-order valence-corrected chi connectivity index (χ1v) is 3.61.